The van der Waals surface area contributed by atoms with E-state index in [1.807, 2.05) is 12.1 Å². The minimum absolute atomic E-state index is 0.314. The SMILES string of the molecule is COc1ccccc1C1CNCC1(C)C. The highest BCUT2D eigenvalue weighted by Crippen LogP contribution is 2.41. The average molecular weight is 205 g/mol. The molecule has 15 heavy (non-hydrogen) atoms. The first-order chi connectivity index (χ1) is 7.15. The molecule has 2 heteroatoms. The van der Waals surface area contributed by atoms with Crippen molar-refractivity contribution in [2.75, 3.05) is 20.2 Å². The van der Waals surface area contributed by atoms with Crippen molar-refractivity contribution in [3.8, 4) is 5.75 Å². The number of benzene rings is 1. The molecule has 0 aliphatic carbocycles. The van der Waals surface area contributed by atoms with Crippen LogP contribution in [0.3, 0.4) is 0 Å². The molecule has 1 saturated heterocycles. The van der Waals surface area contributed by atoms with E-state index in [4.69, 9.17) is 4.74 Å². The van der Waals surface area contributed by atoms with Gasteiger partial charge in [-0.2, -0.15) is 0 Å². The Morgan fingerprint density at radius 1 is 1.33 bits per heavy atom. The van der Waals surface area contributed by atoms with Gasteiger partial charge in [0.25, 0.3) is 0 Å². The van der Waals surface area contributed by atoms with Gasteiger partial charge in [-0.15, -0.1) is 0 Å². The number of hydrogen-bond acceptors (Lipinski definition) is 2. The smallest absolute Gasteiger partial charge is 0.122 e. The van der Waals surface area contributed by atoms with Crippen LogP contribution < -0.4 is 10.1 Å². The second-order valence-corrected chi connectivity index (χ2v) is 4.91. The molecule has 82 valence electrons. The van der Waals surface area contributed by atoms with E-state index in [1.165, 1.54) is 5.56 Å². The largest absolute Gasteiger partial charge is 0.496 e. The summed E-state index contributed by atoms with van der Waals surface area (Å²) in [6.07, 6.45) is 0. The van der Waals surface area contributed by atoms with Gasteiger partial charge in [0.15, 0.2) is 0 Å². The number of para-hydroxylation sites is 1. The summed E-state index contributed by atoms with van der Waals surface area (Å²) in [5.74, 6) is 1.56. The predicted molar refractivity (Wildman–Crippen MR) is 62.4 cm³/mol. The van der Waals surface area contributed by atoms with Crippen molar-refractivity contribution >= 4 is 0 Å². The molecule has 0 saturated carbocycles. The van der Waals surface area contributed by atoms with E-state index in [2.05, 4.69) is 31.3 Å². The normalized spacial score (nSPS) is 24.1. The Morgan fingerprint density at radius 3 is 2.67 bits per heavy atom. The zero-order chi connectivity index (χ0) is 10.9. The summed E-state index contributed by atoms with van der Waals surface area (Å²) in [7, 11) is 1.74. The van der Waals surface area contributed by atoms with Gasteiger partial charge < -0.3 is 10.1 Å². The molecule has 2 rings (SSSR count). The topological polar surface area (TPSA) is 21.3 Å². The van der Waals surface area contributed by atoms with Crippen molar-refractivity contribution in [3.63, 3.8) is 0 Å². The first-order valence-electron chi connectivity index (χ1n) is 5.49. The molecule has 1 aromatic carbocycles. The number of hydrogen-bond donors (Lipinski definition) is 1. The summed E-state index contributed by atoms with van der Waals surface area (Å²) in [4.78, 5) is 0. The lowest BCUT2D eigenvalue weighted by Crippen LogP contribution is -2.21. The lowest BCUT2D eigenvalue weighted by molar-refractivity contribution is 0.345. The second-order valence-electron chi connectivity index (χ2n) is 4.91. The zero-order valence-corrected chi connectivity index (χ0v) is 9.71. The lowest BCUT2D eigenvalue weighted by atomic mass is 9.77. The van der Waals surface area contributed by atoms with Crippen LogP contribution in [0.2, 0.25) is 0 Å². The highest BCUT2D eigenvalue weighted by molar-refractivity contribution is 5.38. The van der Waals surface area contributed by atoms with E-state index >= 15 is 0 Å². The van der Waals surface area contributed by atoms with Gasteiger partial charge in [0.1, 0.15) is 5.75 Å². The van der Waals surface area contributed by atoms with Crippen molar-refractivity contribution < 1.29 is 4.74 Å². The van der Waals surface area contributed by atoms with Gasteiger partial charge in [-0.3, -0.25) is 0 Å². The van der Waals surface area contributed by atoms with Crippen LogP contribution >= 0.6 is 0 Å². The molecule has 1 aromatic rings. The Bertz CT molecular complexity index is 346. The van der Waals surface area contributed by atoms with E-state index in [9.17, 15) is 0 Å². The van der Waals surface area contributed by atoms with Crippen LogP contribution in [0.5, 0.6) is 5.75 Å². The van der Waals surface area contributed by atoms with Crippen molar-refractivity contribution in [2.45, 2.75) is 19.8 Å². The third-order valence-corrected chi connectivity index (χ3v) is 3.39. The van der Waals surface area contributed by atoms with E-state index in [1.54, 1.807) is 7.11 Å². The van der Waals surface area contributed by atoms with Crippen LogP contribution in [0.25, 0.3) is 0 Å². The standard InChI is InChI=1S/C13H19NO/c1-13(2)9-14-8-11(13)10-6-4-5-7-12(10)15-3/h4-7,11,14H,8-9H2,1-3H3. The highest BCUT2D eigenvalue weighted by atomic mass is 16.5. The highest BCUT2D eigenvalue weighted by Gasteiger charge is 2.36. The van der Waals surface area contributed by atoms with E-state index in [-0.39, 0.29) is 0 Å². The molecule has 1 aliphatic rings. The van der Waals surface area contributed by atoms with Crippen LogP contribution in [0.1, 0.15) is 25.3 Å². The molecule has 0 bridgehead atoms. The fraction of sp³-hybridized carbons (Fsp3) is 0.538. The van der Waals surface area contributed by atoms with E-state index in [0.29, 0.717) is 11.3 Å². The molecular formula is C13H19NO. The Kier molecular flexibility index (Phi) is 2.70. The molecule has 1 fully saturated rings. The van der Waals surface area contributed by atoms with Crippen molar-refractivity contribution in [1.82, 2.24) is 5.32 Å². The minimum atomic E-state index is 0.314. The Labute approximate surface area is 91.6 Å². The molecule has 1 heterocycles. The number of methoxy groups -OCH3 is 1. The van der Waals surface area contributed by atoms with Crippen molar-refractivity contribution in [2.24, 2.45) is 5.41 Å². The van der Waals surface area contributed by atoms with Crippen LogP contribution in [-0.2, 0) is 0 Å². The first-order valence-corrected chi connectivity index (χ1v) is 5.49. The zero-order valence-electron chi connectivity index (χ0n) is 9.71. The fourth-order valence-corrected chi connectivity index (χ4v) is 2.42. The molecule has 1 N–H and O–H groups in total. The summed E-state index contributed by atoms with van der Waals surface area (Å²) in [5.41, 5.74) is 1.64. The summed E-state index contributed by atoms with van der Waals surface area (Å²) in [6, 6.07) is 8.34. The van der Waals surface area contributed by atoms with Crippen molar-refractivity contribution in [1.29, 1.82) is 0 Å². The number of ether oxygens (including phenoxy) is 1. The van der Waals surface area contributed by atoms with Gasteiger partial charge in [0, 0.05) is 19.0 Å². The summed E-state index contributed by atoms with van der Waals surface area (Å²) in [6.45, 7) is 6.75. The molecule has 0 spiro atoms. The molecule has 0 radical (unpaired) electrons. The van der Waals surface area contributed by atoms with E-state index in [0.717, 1.165) is 18.8 Å². The third kappa shape index (κ3) is 1.86. The average Bonchev–Trinajstić information content (AvgIpc) is 2.58. The van der Waals surface area contributed by atoms with Gasteiger partial charge in [-0.05, 0) is 17.0 Å². The summed E-state index contributed by atoms with van der Waals surface area (Å²) in [5, 5.41) is 3.46. The van der Waals surface area contributed by atoms with Crippen LogP contribution in [0.15, 0.2) is 24.3 Å². The van der Waals surface area contributed by atoms with Crippen LogP contribution in [0.4, 0.5) is 0 Å². The van der Waals surface area contributed by atoms with Gasteiger partial charge >= 0.3 is 0 Å². The maximum atomic E-state index is 5.42. The van der Waals surface area contributed by atoms with Gasteiger partial charge in [-0.1, -0.05) is 32.0 Å². The Balaban J connectivity index is 2.36. The minimum Gasteiger partial charge on any atom is -0.496 e. The third-order valence-electron chi connectivity index (χ3n) is 3.39. The van der Waals surface area contributed by atoms with Crippen LogP contribution in [-0.4, -0.2) is 20.2 Å². The van der Waals surface area contributed by atoms with Gasteiger partial charge in [0.05, 0.1) is 7.11 Å². The van der Waals surface area contributed by atoms with E-state index < -0.39 is 0 Å². The molecule has 1 aliphatic heterocycles. The Hall–Kier alpha value is -1.02. The number of nitrogens with one attached hydrogen (secondary N) is 1. The maximum Gasteiger partial charge on any atom is 0.122 e. The summed E-state index contributed by atoms with van der Waals surface area (Å²) < 4.78 is 5.42. The molecule has 2 nitrogen and oxygen atoms in total. The molecular weight excluding hydrogens is 186 g/mol. The fourth-order valence-electron chi connectivity index (χ4n) is 2.42. The quantitative estimate of drug-likeness (QED) is 0.800. The predicted octanol–water partition coefficient (Wildman–Crippen LogP) is 2.41. The maximum absolute atomic E-state index is 5.42. The van der Waals surface area contributed by atoms with Crippen LogP contribution in [0, 0.1) is 5.41 Å². The first kappa shape index (κ1) is 10.5. The van der Waals surface area contributed by atoms with Crippen molar-refractivity contribution in [3.05, 3.63) is 29.8 Å². The molecule has 0 aromatic heterocycles. The summed E-state index contributed by atoms with van der Waals surface area (Å²) >= 11 is 0. The lowest BCUT2D eigenvalue weighted by Gasteiger charge is -2.27. The van der Waals surface area contributed by atoms with Gasteiger partial charge in [0.2, 0.25) is 0 Å². The second kappa shape index (κ2) is 3.86. The molecule has 1 unspecified atom stereocenters. The van der Waals surface area contributed by atoms with Gasteiger partial charge in [-0.25, -0.2) is 0 Å². The number of rotatable bonds is 2. The monoisotopic (exact) mass is 205 g/mol. The molecule has 1 atom stereocenters. The molecule has 0 amide bonds. The Morgan fingerprint density at radius 2 is 2.07 bits per heavy atom.